The summed E-state index contributed by atoms with van der Waals surface area (Å²) in [6.07, 6.45) is 2.37. The topological polar surface area (TPSA) is 9.23 Å². The van der Waals surface area contributed by atoms with E-state index in [1.807, 2.05) is 6.07 Å². The van der Waals surface area contributed by atoms with E-state index in [0.717, 1.165) is 18.6 Å². The molecule has 1 fully saturated rings. The molecule has 17 heavy (non-hydrogen) atoms. The first kappa shape index (κ1) is 13.5. The van der Waals surface area contributed by atoms with Crippen LogP contribution in [0.1, 0.15) is 26.7 Å². The van der Waals surface area contributed by atoms with Gasteiger partial charge in [-0.05, 0) is 25.0 Å². The van der Waals surface area contributed by atoms with Crippen molar-refractivity contribution in [2.75, 3.05) is 0 Å². The van der Waals surface area contributed by atoms with E-state index in [9.17, 15) is 0 Å². The smallest absolute Gasteiger partial charge is 0.121 e. The van der Waals surface area contributed by atoms with Crippen LogP contribution in [-0.2, 0) is 0 Å². The van der Waals surface area contributed by atoms with E-state index in [0.29, 0.717) is 14.9 Å². The van der Waals surface area contributed by atoms with Gasteiger partial charge in [-0.2, -0.15) is 0 Å². The lowest BCUT2D eigenvalue weighted by Gasteiger charge is -2.50. The molecule has 2 rings (SSSR count). The minimum absolute atomic E-state index is 0.201. The second kappa shape index (κ2) is 4.99. The molecular formula is C13H15BrCl2O. The van der Waals surface area contributed by atoms with Gasteiger partial charge in [-0.15, -0.1) is 0 Å². The molecule has 0 saturated heterocycles. The van der Waals surface area contributed by atoms with Crippen LogP contribution < -0.4 is 4.74 Å². The molecule has 0 aromatic heterocycles. The van der Waals surface area contributed by atoms with E-state index in [1.165, 1.54) is 0 Å². The van der Waals surface area contributed by atoms with E-state index >= 15 is 0 Å². The first-order chi connectivity index (χ1) is 7.97. The van der Waals surface area contributed by atoms with Crippen molar-refractivity contribution < 1.29 is 4.74 Å². The van der Waals surface area contributed by atoms with Crippen LogP contribution in [-0.4, -0.2) is 10.9 Å². The number of ether oxygens (including phenoxy) is 1. The maximum Gasteiger partial charge on any atom is 0.121 e. The predicted octanol–water partition coefficient (Wildman–Crippen LogP) is 5.32. The Bertz CT molecular complexity index is 424. The van der Waals surface area contributed by atoms with Gasteiger partial charge in [0, 0.05) is 16.3 Å². The third kappa shape index (κ3) is 2.45. The molecule has 0 amide bonds. The molecule has 1 aromatic rings. The van der Waals surface area contributed by atoms with Gasteiger partial charge in [0.25, 0.3) is 0 Å². The van der Waals surface area contributed by atoms with Crippen LogP contribution in [0.3, 0.4) is 0 Å². The monoisotopic (exact) mass is 336 g/mol. The van der Waals surface area contributed by atoms with E-state index in [-0.39, 0.29) is 11.5 Å². The largest absolute Gasteiger partial charge is 0.490 e. The first-order valence-electron chi connectivity index (χ1n) is 5.73. The zero-order chi connectivity index (χ0) is 12.6. The van der Waals surface area contributed by atoms with E-state index in [2.05, 4.69) is 29.8 Å². The summed E-state index contributed by atoms with van der Waals surface area (Å²) in [7, 11) is 0. The Morgan fingerprint density at radius 2 is 2.12 bits per heavy atom. The standard InChI is InChI=1S/C13H15BrCl2O/c1-3-13(2)11(14)7-12(13)17-8-4-5-9(15)10(16)6-8/h4-6,11-12H,3,7H2,1-2H3. The number of benzene rings is 1. The molecule has 1 aromatic carbocycles. The maximum atomic E-state index is 5.99. The van der Waals surface area contributed by atoms with Crippen molar-refractivity contribution in [3.05, 3.63) is 28.2 Å². The zero-order valence-corrected chi connectivity index (χ0v) is 12.9. The lowest BCUT2D eigenvalue weighted by atomic mass is 9.65. The molecule has 3 atom stereocenters. The summed E-state index contributed by atoms with van der Waals surface area (Å²) in [5.41, 5.74) is 0.201. The van der Waals surface area contributed by atoms with Crippen LogP contribution in [0.2, 0.25) is 10.0 Å². The Morgan fingerprint density at radius 3 is 2.65 bits per heavy atom. The molecule has 0 bridgehead atoms. The van der Waals surface area contributed by atoms with Crippen LogP contribution >= 0.6 is 39.1 Å². The summed E-state index contributed by atoms with van der Waals surface area (Å²) in [5, 5.41) is 1.10. The van der Waals surface area contributed by atoms with Crippen molar-refractivity contribution in [1.82, 2.24) is 0 Å². The average Bonchev–Trinajstić information content (AvgIpc) is 2.32. The Kier molecular flexibility index (Phi) is 3.96. The van der Waals surface area contributed by atoms with E-state index in [1.54, 1.807) is 12.1 Å². The Morgan fingerprint density at radius 1 is 1.41 bits per heavy atom. The molecule has 0 aliphatic heterocycles. The van der Waals surface area contributed by atoms with Crippen LogP contribution in [0, 0.1) is 5.41 Å². The minimum atomic E-state index is 0.201. The summed E-state index contributed by atoms with van der Waals surface area (Å²) >= 11 is 15.5. The van der Waals surface area contributed by atoms with Gasteiger partial charge in [0.05, 0.1) is 10.0 Å². The number of alkyl halides is 1. The first-order valence-corrected chi connectivity index (χ1v) is 7.40. The molecule has 3 unspecified atom stereocenters. The molecular weight excluding hydrogens is 323 g/mol. The fourth-order valence-electron chi connectivity index (χ4n) is 2.11. The maximum absolute atomic E-state index is 5.99. The highest BCUT2D eigenvalue weighted by atomic mass is 79.9. The molecule has 4 heteroatoms. The van der Waals surface area contributed by atoms with E-state index < -0.39 is 0 Å². The molecule has 1 aliphatic rings. The Balaban J connectivity index is 2.09. The lowest BCUT2D eigenvalue weighted by molar-refractivity contribution is -0.0243. The normalized spacial score (nSPS) is 32.1. The molecule has 0 spiro atoms. The fraction of sp³-hybridized carbons (Fsp3) is 0.538. The van der Waals surface area contributed by atoms with Gasteiger partial charge >= 0.3 is 0 Å². The van der Waals surface area contributed by atoms with Gasteiger partial charge in [-0.1, -0.05) is 53.0 Å². The number of hydrogen-bond acceptors (Lipinski definition) is 1. The summed E-state index contributed by atoms with van der Waals surface area (Å²) in [6, 6.07) is 5.42. The molecule has 1 saturated carbocycles. The Hall–Kier alpha value is 0.0800. The highest BCUT2D eigenvalue weighted by molar-refractivity contribution is 9.09. The summed E-state index contributed by atoms with van der Waals surface area (Å²) in [4.78, 5) is 0.535. The number of hydrogen-bond donors (Lipinski definition) is 0. The third-order valence-electron chi connectivity index (χ3n) is 3.80. The molecule has 1 nitrogen and oxygen atoms in total. The van der Waals surface area contributed by atoms with Crippen LogP contribution in [0.4, 0.5) is 0 Å². The number of rotatable bonds is 3. The summed E-state index contributed by atoms with van der Waals surface area (Å²) < 4.78 is 5.99. The highest BCUT2D eigenvalue weighted by Crippen LogP contribution is 2.50. The molecule has 1 aliphatic carbocycles. The summed E-state index contributed by atoms with van der Waals surface area (Å²) in [5.74, 6) is 0.795. The fourth-order valence-corrected chi connectivity index (χ4v) is 3.36. The number of halogens is 3. The third-order valence-corrected chi connectivity index (χ3v) is 5.96. The van der Waals surface area contributed by atoms with Crippen molar-refractivity contribution in [1.29, 1.82) is 0 Å². The molecule has 94 valence electrons. The van der Waals surface area contributed by atoms with Crippen molar-refractivity contribution in [2.45, 2.75) is 37.6 Å². The molecule has 0 heterocycles. The predicted molar refractivity (Wildman–Crippen MR) is 76.6 cm³/mol. The van der Waals surface area contributed by atoms with E-state index in [4.69, 9.17) is 27.9 Å². The second-order valence-corrected chi connectivity index (χ2v) is 6.66. The van der Waals surface area contributed by atoms with Crippen molar-refractivity contribution >= 4 is 39.1 Å². The van der Waals surface area contributed by atoms with Gasteiger partial charge in [-0.25, -0.2) is 0 Å². The summed E-state index contributed by atoms with van der Waals surface area (Å²) in [6.45, 7) is 4.44. The average molecular weight is 338 g/mol. The van der Waals surface area contributed by atoms with Gasteiger partial charge in [0.2, 0.25) is 0 Å². The Labute approximate surface area is 121 Å². The van der Waals surface area contributed by atoms with Gasteiger partial charge in [-0.3, -0.25) is 0 Å². The van der Waals surface area contributed by atoms with Crippen molar-refractivity contribution in [3.63, 3.8) is 0 Å². The van der Waals surface area contributed by atoms with Crippen molar-refractivity contribution in [3.8, 4) is 5.75 Å². The van der Waals surface area contributed by atoms with Crippen LogP contribution in [0.5, 0.6) is 5.75 Å². The quantitative estimate of drug-likeness (QED) is 0.678. The van der Waals surface area contributed by atoms with Crippen LogP contribution in [0.25, 0.3) is 0 Å². The van der Waals surface area contributed by atoms with Crippen LogP contribution in [0.15, 0.2) is 18.2 Å². The van der Waals surface area contributed by atoms with Gasteiger partial charge < -0.3 is 4.74 Å². The highest BCUT2D eigenvalue weighted by Gasteiger charge is 2.50. The second-order valence-electron chi connectivity index (χ2n) is 4.75. The van der Waals surface area contributed by atoms with Crippen molar-refractivity contribution in [2.24, 2.45) is 5.41 Å². The lowest BCUT2D eigenvalue weighted by Crippen LogP contribution is -2.54. The minimum Gasteiger partial charge on any atom is -0.490 e. The SMILES string of the molecule is CCC1(C)C(Br)CC1Oc1ccc(Cl)c(Cl)c1. The molecule has 0 radical (unpaired) electrons. The molecule has 0 N–H and O–H groups in total. The van der Waals surface area contributed by atoms with Gasteiger partial charge in [0.1, 0.15) is 11.9 Å². The van der Waals surface area contributed by atoms with Gasteiger partial charge in [0.15, 0.2) is 0 Å². The zero-order valence-electron chi connectivity index (χ0n) is 9.84.